The van der Waals surface area contributed by atoms with Crippen LogP contribution in [0.2, 0.25) is 0 Å². The van der Waals surface area contributed by atoms with Gasteiger partial charge in [-0.1, -0.05) is 17.3 Å². The van der Waals surface area contributed by atoms with E-state index in [1.165, 1.54) is 0 Å². The molecule has 1 rings (SSSR count). The zero-order valence-electron chi connectivity index (χ0n) is 4.81. The van der Waals surface area contributed by atoms with Gasteiger partial charge in [0.2, 0.25) is 0 Å². The molecule has 0 unspecified atom stereocenters. The largest absolute Gasteiger partial charge is 0.389 e. The van der Waals surface area contributed by atoms with E-state index in [0.717, 1.165) is 0 Å². The van der Waals surface area contributed by atoms with E-state index in [1.54, 1.807) is 12.2 Å². The van der Waals surface area contributed by atoms with Crippen LogP contribution in [0.1, 0.15) is 6.42 Å². The van der Waals surface area contributed by atoms with Crippen LogP contribution >= 0.6 is 0 Å². The number of azide groups is 1. The lowest BCUT2D eigenvalue weighted by Crippen LogP contribution is -2.02. The fourth-order valence-electron chi connectivity index (χ4n) is 0.813. The SMILES string of the molecule is [N-]=[N+]=N[C@@H]1C=C[C@H](O)C1. The molecule has 0 radical (unpaired) electrons. The van der Waals surface area contributed by atoms with Gasteiger partial charge in [-0.3, -0.25) is 0 Å². The normalized spacial score (nSPS) is 32.1. The van der Waals surface area contributed by atoms with Gasteiger partial charge in [0.25, 0.3) is 0 Å². The average molecular weight is 125 g/mol. The molecule has 1 aliphatic rings. The van der Waals surface area contributed by atoms with Crippen molar-refractivity contribution >= 4 is 0 Å². The molecule has 0 aromatic rings. The van der Waals surface area contributed by atoms with Crippen molar-refractivity contribution in [1.82, 2.24) is 0 Å². The highest BCUT2D eigenvalue weighted by atomic mass is 16.3. The Morgan fingerprint density at radius 2 is 2.44 bits per heavy atom. The quantitative estimate of drug-likeness (QED) is 0.241. The van der Waals surface area contributed by atoms with Crippen LogP contribution in [0.5, 0.6) is 0 Å². The summed E-state index contributed by atoms with van der Waals surface area (Å²) in [5, 5.41) is 12.3. The molecule has 0 saturated carbocycles. The van der Waals surface area contributed by atoms with Crippen molar-refractivity contribution < 1.29 is 5.11 Å². The summed E-state index contributed by atoms with van der Waals surface area (Å²) in [6, 6.07) is -0.134. The summed E-state index contributed by atoms with van der Waals surface area (Å²) >= 11 is 0. The summed E-state index contributed by atoms with van der Waals surface area (Å²) in [6.07, 6.45) is 3.47. The minimum absolute atomic E-state index is 0.134. The molecular weight excluding hydrogens is 118 g/mol. The summed E-state index contributed by atoms with van der Waals surface area (Å²) in [5.41, 5.74) is 7.96. The van der Waals surface area contributed by atoms with Gasteiger partial charge >= 0.3 is 0 Å². The Morgan fingerprint density at radius 1 is 1.67 bits per heavy atom. The number of aliphatic hydroxyl groups is 1. The smallest absolute Gasteiger partial charge is 0.0727 e. The number of rotatable bonds is 1. The highest BCUT2D eigenvalue weighted by molar-refractivity contribution is 5.06. The van der Waals surface area contributed by atoms with E-state index in [2.05, 4.69) is 10.0 Å². The Bertz CT molecular complexity index is 171. The second-order valence-electron chi connectivity index (χ2n) is 1.96. The van der Waals surface area contributed by atoms with Crippen LogP contribution in [-0.2, 0) is 0 Å². The predicted octanol–water partition coefficient (Wildman–Crippen LogP) is 0.986. The maximum atomic E-state index is 8.86. The van der Waals surface area contributed by atoms with E-state index < -0.39 is 6.10 Å². The van der Waals surface area contributed by atoms with Crippen molar-refractivity contribution in [2.24, 2.45) is 5.11 Å². The first kappa shape index (κ1) is 6.13. The molecule has 4 heteroatoms. The summed E-state index contributed by atoms with van der Waals surface area (Å²) in [4.78, 5) is 2.61. The topological polar surface area (TPSA) is 69.0 Å². The number of nitrogens with zero attached hydrogens (tertiary/aromatic N) is 3. The maximum absolute atomic E-state index is 8.86. The Labute approximate surface area is 52.4 Å². The average Bonchev–Trinajstić information content (AvgIpc) is 2.17. The second-order valence-corrected chi connectivity index (χ2v) is 1.96. The molecule has 0 amide bonds. The van der Waals surface area contributed by atoms with Gasteiger partial charge in [-0.15, -0.1) is 0 Å². The van der Waals surface area contributed by atoms with Crippen LogP contribution in [0.15, 0.2) is 17.3 Å². The molecule has 1 N–H and O–H groups in total. The minimum atomic E-state index is -0.416. The molecule has 0 aromatic carbocycles. The Kier molecular flexibility index (Phi) is 1.72. The van der Waals surface area contributed by atoms with Gasteiger partial charge in [-0.2, -0.15) is 0 Å². The van der Waals surface area contributed by atoms with Crippen molar-refractivity contribution in [2.75, 3.05) is 0 Å². The lowest BCUT2D eigenvalue weighted by Gasteiger charge is -1.97. The van der Waals surface area contributed by atoms with E-state index in [9.17, 15) is 0 Å². The van der Waals surface area contributed by atoms with Crippen LogP contribution in [0.4, 0.5) is 0 Å². The molecule has 2 atom stereocenters. The van der Waals surface area contributed by atoms with Crippen molar-refractivity contribution in [2.45, 2.75) is 18.6 Å². The first-order chi connectivity index (χ1) is 4.33. The number of aliphatic hydroxyl groups excluding tert-OH is 1. The highest BCUT2D eigenvalue weighted by Crippen LogP contribution is 2.13. The molecule has 0 heterocycles. The Hall–Kier alpha value is -0.990. The van der Waals surface area contributed by atoms with Crippen LogP contribution in [-0.4, -0.2) is 17.3 Å². The van der Waals surface area contributed by atoms with Gasteiger partial charge in [-0.25, -0.2) is 0 Å². The molecule has 1 aliphatic carbocycles. The van der Waals surface area contributed by atoms with Crippen molar-refractivity contribution in [3.63, 3.8) is 0 Å². The molecular formula is C5H7N3O. The summed E-state index contributed by atoms with van der Waals surface area (Å²) in [7, 11) is 0. The number of hydrogen-bond acceptors (Lipinski definition) is 2. The van der Waals surface area contributed by atoms with Crippen LogP contribution in [0.3, 0.4) is 0 Å². The highest BCUT2D eigenvalue weighted by Gasteiger charge is 2.13. The standard InChI is InChI=1S/C5H7N3O/c6-8-7-4-1-2-5(9)3-4/h1-2,4-5,9H,3H2/t4-,5+/m1/s1. The third-order valence-electron chi connectivity index (χ3n) is 1.24. The number of hydrogen-bond donors (Lipinski definition) is 1. The molecule has 0 spiro atoms. The van der Waals surface area contributed by atoms with E-state index >= 15 is 0 Å². The third-order valence-corrected chi connectivity index (χ3v) is 1.24. The summed E-state index contributed by atoms with van der Waals surface area (Å²) in [5.74, 6) is 0. The van der Waals surface area contributed by atoms with E-state index in [4.69, 9.17) is 10.6 Å². The van der Waals surface area contributed by atoms with Crippen molar-refractivity contribution in [3.8, 4) is 0 Å². The third kappa shape index (κ3) is 1.45. The van der Waals surface area contributed by atoms with Crippen LogP contribution in [0.25, 0.3) is 10.4 Å². The van der Waals surface area contributed by atoms with Crippen LogP contribution in [0, 0.1) is 0 Å². The predicted molar refractivity (Wildman–Crippen MR) is 32.7 cm³/mol. The molecule has 0 bridgehead atoms. The van der Waals surface area contributed by atoms with Gasteiger partial charge in [0.05, 0.1) is 12.1 Å². The molecule has 0 aromatic heterocycles. The van der Waals surface area contributed by atoms with Crippen molar-refractivity contribution in [1.29, 1.82) is 0 Å². The lowest BCUT2D eigenvalue weighted by atomic mass is 10.2. The molecule has 0 fully saturated rings. The lowest BCUT2D eigenvalue weighted by molar-refractivity contribution is 0.218. The van der Waals surface area contributed by atoms with Crippen LogP contribution < -0.4 is 0 Å². The molecule has 48 valence electrons. The Morgan fingerprint density at radius 3 is 2.89 bits per heavy atom. The molecule has 0 saturated heterocycles. The van der Waals surface area contributed by atoms with Crippen molar-refractivity contribution in [3.05, 3.63) is 22.6 Å². The first-order valence-electron chi connectivity index (χ1n) is 2.73. The molecule has 0 aliphatic heterocycles. The fourth-order valence-corrected chi connectivity index (χ4v) is 0.813. The van der Waals surface area contributed by atoms with Gasteiger partial charge in [-0.05, 0) is 12.0 Å². The maximum Gasteiger partial charge on any atom is 0.0727 e. The molecule has 4 nitrogen and oxygen atoms in total. The minimum Gasteiger partial charge on any atom is -0.389 e. The van der Waals surface area contributed by atoms with Gasteiger partial charge in [0.15, 0.2) is 0 Å². The van der Waals surface area contributed by atoms with E-state index in [1.807, 2.05) is 0 Å². The Balaban J connectivity index is 2.50. The van der Waals surface area contributed by atoms with Gasteiger partial charge in [0, 0.05) is 4.91 Å². The zero-order chi connectivity index (χ0) is 6.69. The van der Waals surface area contributed by atoms with E-state index in [-0.39, 0.29) is 6.04 Å². The molecule has 9 heavy (non-hydrogen) atoms. The van der Waals surface area contributed by atoms with Gasteiger partial charge in [0.1, 0.15) is 0 Å². The monoisotopic (exact) mass is 125 g/mol. The second kappa shape index (κ2) is 2.53. The zero-order valence-corrected chi connectivity index (χ0v) is 4.81. The summed E-state index contributed by atoms with van der Waals surface area (Å²) in [6.45, 7) is 0. The van der Waals surface area contributed by atoms with E-state index in [0.29, 0.717) is 6.42 Å². The summed E-state index contributed by atoms with van der Waals surface area (Å²) < 4.78 is 0. The van der Waals surface area contributed by atoms with Gasteiger partial charge < -0.3 is 5.11 Å². The first-order valence-corrected chi connectivity index (χ1v) is 2.73. The fraction of sp³-hybridized carbons (Fsp3) is 0.600.